The lowest BCUT2D eigenvalue weighted by molar-refractivity contribution is -0.123. The molecule has 0 aromatic heterocycles. The fraction of sp³-hybridized carbons (Fsp3) is 0.308. The summed E-state index contributed by atoms with van der Waals surface area (Å²) < 4.78 is 29.7. The second-order valence-corrected chi connectivity index (χ2v) is 6.67. The molecule has 23 heavy (non-hydrogen) atoms. The number of esters is 1. The molecule has 126 valence electrons. The van der Waals surface area contributed by atoms with E-state index in [4.69, 9.17) is 4.74 Å². The van der Waals surface area contributed by atoms with Crippen molar-refractivity contribution in [3.05, 3.63) is 29.8 Å². The topological polar surface area (TPSA) is 122 Å². The van der Waals surface area contributed by atoms with Crippen LogP contribution >= 0.6 is 0 Å². The molecule has 1 rings (SSSR count). The fourth-order valence-corrected chi connectivity index (χ4v) is 2.38. The molecule has 0 radical (unpaired) electrons. The van der Waals surface area contributed by atoms with Crippen molar-refractivity contribution < 1.29 is 27.5 Å². The predicted molar refractivity (Wildman–Crippen MR) is 80.2 cm³/mol. The van der Waals surface area contributed by atoms with E-state index in [1.807, 2.05) is 5.32 Å². The third-order valence-electron chi connectivity index (χ3n) is 2.66. The van der Waals surface area contributed by atoms with Crippen LogP contribution in [0.3, 0.4) is 0 Å². The van der Waals surface area contributed by atoms with E-state index in [2.05, 4.69) is 5.32 Å². The van der Waals surface area contributed by atoms with Crippen LogP contribution in [0.4, 0.5) is 4.79 Å². The van der Waals surface area contributed by atoms with E-state index in [-0.39, 0.29) is 10.5 Å². The first-order valence-corrected chi connectivity index (χ1v) is 7.83. The van der Waals surface area contributed by atoms with Crippen molar-refractivity contribution >= 4 is 27.9 Å². The molecule has 0 heterocycles. The number of imide groups is 1. The molecule has 3 amide bonds. The van der Waals surface area contributed by atoms with Gasteiger partial charge in [0.2, 0.25) is 10.0 Å². The lowest BCUT2D eigenvalue weighted by Gasteiger charge is -2.12. The summed E-state index contributed by atoms with van der Waals surface area (Å²) >= 11 is 0. The van der Waals surface area contributed by atoms with Gasteiger partial charge >= 0.3 is 12.0 Å². The standard InChI is InChI=1S/C13H17N3O6S/c1-14-13(19)15-11(17)8-22-12(18)9-5-4-6-10(7-9)23(20,21)16(2)3/h4-7H,8H2,1-3H3,(H2,14,15,17,19). The number of hydrogen-bond donors (Lipinski definition) is 2. The highest BCUT2D eigenvalue weighted by Crippen LogP contribution is 2.15. The largest absolute Gasteiger partial charge is 0.452 e. The van der Waals surface area contributed by atoms with Crippen LogP contribution in [0, 0.1) is 0 Å². The van der Waals surface area contributed by atoms with Gasteiger partial charge in [-0.3, -0.25) is 10.1 Å². The van der Waals surface area contributed by atoms with Crippen LogP contribution in [-0.2, 0) is 19.6 Å². The highest BCUT2D eigenvalue weighted by Gasteiger charge is 2.19. The van der Waals surface area contributed by atoms with Gasteiger partial charge in [0.15, 0.2) is 6.61 Å². The molecule has 10 heteroatoms. The third-order valence-corrected chi connectivity index (χ3v) is 4.47. The number of carbonyl (C=O) groups excluding carboxylic acids is 3. The number of benzene rings is 1. The molecule has 0 saturated carbocycles. The first-order chi connectivity index (χ1) is 10.7. The fourth-order valence-electron chi connectivity index (χ4n) is 1.43. The zero-order valence-corrected chi connectivity index (χ0v) is 13.6. The Balaban J connectivity index is 2.79. The Hall–Kier alpha value is -2.46. The summed E-state index contributed by atoms with van der Waals surface area (Å²) in [6.45, 7) is -0.670. The SMILES string of the molecule is CNC(=O)NC(=O)COC(=O)c1cccc(S(=O)(=O)N(C)C)c1. The van der Waals surface area contributed by atoms with Gasteiger partial charge in [0.05, 0.1) is 10.5 Å². The quantitative estimate of drug-likeness (QED) is 0.698. The highest BCUT2D eigenvalue weighted by atomic mass is 32.2. The molecule has 0 atom stereocenters. The summed E-state index contributed by atoms with van der Waals surface area (Å²) in [6.07, 6.45) is 0. The Morgan fingerprint density at radius 3 is 2.43 bits per heavy atom. The predicted octanol–water partition coefficient (Wildman–Crippen LogP) is -0.451. The summed E-state index contributed by atoms with van der Waals surface area (Å²) in [7, 11) is 0.364. The Morgan fingerprint density at radius 2 is 1.87 bits per heavy atom. The summed E-state index contributed by atoms with van der Waals surface area (Å²) in [5.41, 5.74) is -0.0272. The van der Waals surface area contributed by atoms with E-state index in [9.17, 15) is 22.8 Å². The van der Waals surface area contributed by atoms with Crippen LogP contribution in [-0.4, -0.2) is 58.4 Å². The van der Waals surface area contributed by atoms with Gasteiger partial charge in [-0.2, -0.15) is 0 Å². The molecule has 0 saturated heterocycles. The maximum Gasteiger partial charge on any atom is 0.338 e. The number of nitrogens with zero attached hydrogens (tertiary/aromatic N) is 1. The number of hydrogen-bond acceptors (Lipinski definition) is 6. The van der Waals surface area contributed by atoms with Crippen LogP contribution < -0.4 is 10.6 Å². The zero-order chi connectivity index (χ0) is 17.6. The van der Waals surface area contributed by atoms with E-state index < -0.39 is 34.5 Å². The number of amides is 3. The van der Waals surface area contributed by atoms with Crippen molar-refractivity contribution in [1.82, 2.24) is 14.9 Å². The lowest BCUT2D eigenvalue weighted by atomic mass is 10.2. The van der Waals surface area contributed by atoms with Crippen LogP contribution in [0.1, 0.15) is 10.4 Å². The molecule has 0 aliphatic heterocycles. The maximum absolute atomic E-state index is 12.0. The maximum atomic E-state index is 12.0. The van der Waals surface area contributed by atoms with Crippen molar-refractivity contribution in [3.63, 3.8) is 0 Å². The van der Waals surface area contributed by atoms with Gasteiger partial charge in [-0.1, -0.05) is 6.07 Å². The summed E-state index contributed by atoms with van der Waals surface area (Å²) in [4.78, 5) is 34.0. The number of nitrogens with one attached hydrogen (secondary N) is 2. The van der Waals surface area contributed by atoms with Crippen molar-refractivity contribution in [2.75, 3.05) is 27.7 Å². The molecule has 0 fully saturated rings. The van der Waals surface area contributed by atoms with Crippen LogP contribution in [0.25, 0.3) is 0 Å². The number of carbonyl (C=O) groups is 3. The van der Waals surface area contributed by atoms with Crippen LogP contribution in [0.2, 0.25) is 0 Å². The van der Waals surface area contributed by atoms with Crippen molar-refractivity contribution in [2.45, 2.75) is 4.90 Å². The Morgan fingerprint density at radius 1 is 1.22 bits per heavy atom. The number of sulfonamides is 1. The number of rotatable bonds is 5. The van der Waals surface area contributed by atoms with Gasteiger partial charge in [0.25, 0.3) is 5.91 Å². The number of urea groups is 1. The Kier molecular flexibility index (Phi) is 6.22. The molecule has 0 aliphatic rings. The van der Waals surface area contributed by atoms with Gasteiger partial charge in [-0.15, -0.1) is 0 Å². The van der Waals surface area contributed by atoms with E-state index >= 15 is 0 Å². The van der Waals surface area contributed by atoms with Crippen molar-refractivity contribution in [1.29, 1.82) is 0 Å². The van der Waals surface area contributed by atoms with Gasteiger partial charge in [-0.25, -0.2) is 22.3 Å². The molecule has 0 unspecified atom stereocenters. The van der Waals surface area contributed by atoms with Gasteiger partial charge < -0.3 is 10.1 Å². The molecule has 9 nitrogen and oxygen atoms in total. The highest BCUT2D eigenvalue weighted by molar-refractivity contribution is 7.89. The normalized spacial score (nSPS) is 11.0. The van der Waals surface area contributed by atoms with E-state index in [1.165, 1.54) is 39.3 Å². The molecular weight excluding hydrogens is 326 g/mol. The average Bonchev–Trinajstić information content (AvgIpc) is 2.52. The molecule has 0 spiro atoms. The van der Waals surface area contributed by atoms with Crippen molar-refractivity contribution in [3.8, 4) is 0 Å². The minimum absolute atomic E-state index is 0.0272. The van der Waals surface area contributed by atoms with E-state index in [1.54, 1.807) is 0 Å². The Labute approximate surface area is 133 Å². The van der Waals surface area contributed by atoms with E-state index in [0.717, 1.165) is 10.4 Å². The first-order valence-electron chi connectivity index (χ1n) is 6.39. The minimum Gasteiger partial charge on any atom is -0.452 e. The summed E-state index contributed by atoms with van der Waals surface area (Å²) in [6, 6.07) is 4.49. The second kappa shape index (κ2) is 7.70. The van der Waals surface area contributed by atoms with Crippen LogP contribution in [0.5, 0.6) is 0 Å². The first kappa shape index (κ1) is 18.6. The molecule has 1 aromatic carbocycles. The molecule has 2 N–H and O–H groups in total. The summed E-state index contributed by atoms with van der Waals surface area (Å²) in [5, 5.41) is 4.09. The smallest absolute Gasteiger partial charge is 0.338 e. The average molecular weight is 343 g/mol. The molecule has 1 aromatic rings. The molecule has 0 bridgehead atoms. The Bertz CT molecular complexity index is 714. The second-order valence-electron chi connectivity index (χ2n) is 4.52. The molecular formula is C13H17N3O6S. The third kappa shape index (κ3) is 5.04. The van der Waals surface area contributed by atoms with E-state index in [0.29, 0.717) is 0 Å². The van der Waals surface area contributed by atoms with Gasteiger partial charge in [0, 0.05) is 21.1 Å². The van der Waals surface area contributed by atoms with Gasteiger partial charge in [-0.05, 0) is 18.2 Å². The zero-order valence-electron chi connectivity index (χ0n) is 12.8. The summed E-state index contributed by atoms with van der Waals surface area (Å²) in [5.74, 6) is -1.69. The van der Waals surface area contributed by atoms with Gasteiger partial charge in [0.1, 0.15) is 0 Å². The van der Waals surface area contributed by atoms with Crippen LogP contribution in [0.15, 0.2) is 29.2 Å². The minimum atomic E-state index is -3.69. The lowest BCUT2D eigenvalue weighted by Crippen LogP contribution is -2.39. The monoisotopic (exact) mass is 343 g/mol. The van der Waals surface area contributed by atoms with Crippen molar-refractivity contribution in [2.24, 2.45) is 0 Å². The molecule has 0 aliphatic carbocycles. The number of ether oxygens (including phenoxy) is 1.